The molecule has 2 atom stereocenters. The van der Waals surface area contributed by atoms with Gasteiger partial charge in [0, 0.05) is 6.54 Å². The fourth-order valence-corrected chi connectivity index (χ4v) is 3.70. The van der Waals surface area contributed by atoms with Crippen molar-refractivity contribution >= 4 is 5.78 Å². The Morgan fingerprint density at radius 1 is 1.12 bits per heavy atom. The van der Waals surface area contributed by atoms with Crippen molar-refractivity contribution in [2.75, 3.05) is 19.8 Å². The van der Waals surface area contributed by atoms with Gasteiger partial charge >= 0.3 is 0 Å². The minimum Gasteiger partial charge on any atom is -0.369 e. The predicted octanol–water partition coefficient (Wildman–Crippen LogP) is 3.08. The van der Waals surface area contributed by atoms with E-state index in [0.29, 0.717) is 26.2 Å². The van der Waals surface area contributed by atoms with Crippen LogP contribution in [0.15, 0.2) is 54.6 Å². The van der Waals surface area contributed by atoms with Gasteiger partial charge in [-0.25, -0.2) is 4.39 Å². The Balaban J connectivity index is 1.68. The largest absolute Gasteiger partial charge is 0.369 e. The number of carbonyl (C=O) groups excluding carboxylic acids is 1. The molecule has 0 N–H and O–H groups in total. The van der Waals surface area contributed by atoms with Gasteiger partial charge < -0.3 is 9.47 Å². The number of hydrogen-bond acceptors (Lipinski definition) is 4. The number of benzene rings is 2. The van der Waals surface area contributed by atoms with Crippen LogP contribution >= 0.6 is 0 Å². The highest BCUT2D eigenvalue weighted by atomic mass is 19.1. The van der Waals surface area contributed by atoms with Crippen molar-refractivity contribution in [3.05, 3.63) is 71.5 Å². The van der Waals surface area contributed by atoms with Gasteiger partial charge in [-0.2, -0.15) is 0 Å². The molecule has 2 heterocycles. The van der Waals surface area contributed by atoms with Gasteiger partial charge in [-0.05, 0) is 23.3 Å². The highest BCUT2D eigenvalue weighted by Gasteiger charge is 2.51. The first-order chi connectivity index (χ1) is 12.2. The molecule has 2 saturated heterocycles. The lowest BCUT2D eigenvalue weighted by atomic mass is 9.99. The lowest BCUT2D eigenvalue weighted by Crippen LogP contribution is -2.53. The number of ketones is 1. The molecule has 0 radical (unpaired) electrons. The lowest BCUT2D eigenvalue weighted by molar-refractivity contribution is -0.176. The number of carbonyl (C=O) groups is 1. The van der Waals surface area contributed by atoms with E-state index in [1.165, 1.54) is 12.1 Å². The number of Topliss-reactive ketones (excluding diaryl/α,β-unsaturated/α-hetero) is 1. The summed E-state index contributed by atoms with van der Waals surface area (Å²) in [4.78, 5) is 14.2. The van der Waals surface area contributed by atoms with Gasteiger partial charge in [0.1, 0.15) is 12.4 Å². The fraction of sp³-hybridized carbons (Fsp3) is 0.350. The zero-order valence-electron chi connectivity index (χ0n) is 13.9. The number of nitrogens with zero attached hydrogens (tertiary/aromatic N) is 1. The molecule has 0 aliphatic carbocycles. The van der Waals surface area contributed by atoms with Crippen molar-refractivity contribution in [2.24, 2.45) is 0 Å². The van der Waals surface area contributed by atoms with Gasteiger partial charge in [0.05, 0.1) is 25.7 Å². The van der Waals surface area contributed by atoms with Crippen molar-refractivity contribution in [3.8, 4) is 0 Å². The van der Waals surface area contributed by atoms with E-state index in [2.05, 4.69) is 17.0 Å². The van der Waals surface area contributed by atoms with Crippen LogP contribution in [-0.2, 0) is 20.8 Å². The number of ether oxygens (including phenoxy) is 2. The summed E-state index contributed by atoms with van der Waals surface area (Å²) in [6, 6.07) is 16.5. The monoisotopic (exact) mass is 341 g/mol. The summed E-state index contributed by atoms with van der Waals surface area (Å²) in [6.45, 7) is 1.60. The van der Waals surface area contributed by atoms with Crippen molar-refractivity contribution in [3.63, 3.8) is 0 Å². The first-order valence-corrected chi connectivity index (χ1v) is 8.46. The van der Waals surface area contributed by atoms with Gasteiger partial charge in [0.2, 0.25) is 0 Å². The Bertz CT molecular complexity index is 749. The maximum Gasteiger partial charge on any atom is 0.162 e. The molecule has 4 nitrogen and oxygen atoms in total. The Morgan fingerprint density at radius 2 is 1.88 bits per heavy atom. The van der Waals surface area contributed by atoms with Gasteiger partial charge in [-0.3, -0.25) is 9.69 Å². The average Bonchev–Trinajstić information content (AvgIpc) is 2.94. The quantitative estimate of drug-likeness (QED) is 0.860. The molecule has 2 fully saturated rings. The van der Waals surface area contributed by atoms with E-state index < -0.39 is 5.72 Å². The van der Waals surface area contributed by atoms with Crippen molar-refractivity contribution in [1.82, 2.24) is 4.90 Å². The van der Waals surface area contributed by atoms with Gasteiger partial charge in [0.25, 0.3) is 0 Å². The normalized spacial score (nSPS) is 27.1. The van der Waals surface area contributed by atoms with Crippen LogP contribution in [0.5, 0.6) is 0 Å². The Morgan fingerprint density at radius 3 is 2.60 bits per heavy atom. The number of rotatable bonds is 3. The van der Waals surface area contributed by atoms with Gasteiger partial charge in [0.15, 0.2) is 11.5 Å². The molecule has 1 unspecified atom stereocenters. The summed E-state index contributed by atoms with van der Waals surface area (Å²) in [7, 11) is 0. The van der Waals surface area contributed by atoms with Crippen LogP contribution in [0.25, 0.3) is 0 Å². The first kappa shape index (κ1) is 16.4. The zero-order valence-corrected chi connectivity index (χ0v) is 13.9. The second-order valence-corrected chi connectivity index (χ2v) is 6.65. The fourth-order valence-electron chi connectivity index (χ4n) is 3.70. The molecule has 0 saturated carbocycles. The maximum atomic E-state index is 13.3. The molecule has 130 valence electrons. The third-order valence-corrected chi connectivity index (χ3v) is 4.92. The number of halogens is 1. The summed E-state index contributed by atoms with van der Waals surface area (Å²) in [5.41, 5.74) is 1.37. The summed E-state index contributed by atoms with van der Waals surface area (Å²) < 4.78 is 24.9. The van der Waals surface area contributed by atoms with E-state index in [1.54, 1.807) is 12.1 Å². The van der Waals surface area contributed by atoms with Crippen LogP contribution < -0.4 is 0 Å². The molecular weight excluding hydrogens is 321 g/mol. The van der Waals surface area contributed by atoms with E-state index in [1.807, 2.05) is 18.2 Å². The molecular formula is C20H20FNO3. The van der Waals surface area contributed by atoms with E-state index in [9.17, 15) is 9.18 Å². The van der Waals surface area contributed by atoms with Crippen molar-refractivity contribution in [2.45, 2.75) is 24.7 Å². The van der Waals surface area contributed by atoms with Crippen LogP contribution in [0.1, 0.15) is 23.6 Å². The highest BCUT2D eigenvalue weighted by molar-refractivity contribution is 5.81. The van der Waals surface area contributed by atoms with E-state index in [0.717, 1.165) is 11.1 Å². The molecule has 5 heteroatoms. The van der Waals surface area contributed by atoms with Crippen LogP contribution in [0, 0.1) is 5.82 Å². The van der Waals surface area contributed by atoms with Crippen molar-refractivity contribution < 1.29 is 18.7 Å². The average molecular weight is 341 g/mol. The maximum absolute atomic E-state index is 13.3. The molecule has 2 aromatic carbocycles. The molecule has 2 aliphatic heterocycles. The smallest absolute Gasteiger partial charge is 0.162 e. The third-order valence-electron chi connectivity index (χ3n) is 4.92. The first-order valence-electron chi connectivity index (χ1n) is 8.46. The molecule has 2 aliphatic rings. The van der Waals surface area contributed by atoms with Crippen molar-refractivity contribution in [1.29, 1.82) is 0 Å². The molecule has 1 spiro atoms. The summed E-state index contributed by atoms with van der Waals surface area (Å²) in [5, 5.41) is 0. The second-order valence-electron chi connectivity index (χ2n) is 6.65. The van der Waals surface area contributed by atoms with E-state index in [4.69, 9.17) is 9.47 Å². The summed E-state index contributed by atoms with van der Waals surface area (Å²) in [6.07, 6.45) is 0.317. The summed E-state index contributed by atoms with van der Waals surface area (Å²) in [5.74, 6) is -0.216. The Kier molecular flexibility index (Phi) is 4.37. The second kappa shape index (κ2) is 6.67. The molecule has 4 rings (SSSR count). The van der Waals surface area contributed by atoms with E-state index in [-0.39, 0.29) is 24.2 Å². The number of hydrogen-bond donors (Lipinski definition) is 0. The van der Waals surface area contributed by atoms with Gasteiger partial charge in [-0.15, -0.1) is 0 Å². The molecule has 0 bridgehead atoms. The topological polar surface area (TPSA) is 38.8 Å². The lowest BCUT2D eigenvalue weighted by Gasteiger charge is -2.41. The molecule has 25 heavy (non-hydrogen) atoms. The predicted molar refractivity (Wildman–Crippen MR) is 90.3 cm³/mol. The van der Waals surface area contributed by atoms with E-state index >= 15 is 0 Å². The summed E-state index contributed by atoms with van der Waals surface area (Å²) >= 11 is 0. The molecule has 0 aromatic heterocycles. The Hall–Kier alpha value is -2.08. The molecule has 0 amide bonds. The third kappa shape index (κ3) is 3.23. The minimum atomic E-state index is -0.746. The van der Waals surface area contributed by atoms with Crippen LogP contribution in [-0.4, -0.2) is 36.2 Å². The minimum absolute atomic E-state index is 0.0454. The Labute approximate surface area is 146 Å². The van der Waals surface area contributed by atoms with Gasteiger partial charge in [-0.1, -0.05) is 42.5 Å². The van der Waals surface area contributed by atoms with Crippen LogP contribution in [0.2, 0.25) is 0 Å². The van der Waals surface area contributed by atoms with Crippen LogP contribution in [0.4, 0.5) is 4.39 Å². The zero-order chi connectivity index (χ0) is 17.3. The highest BCUT2D eigenvalue weighted by Crippen LogP contribution is 2.42. The van der Waals surface area contributed by atoms with Crippen LogP contribution in [0.3, 0.4) is 0 Å². The molecule has 2 aromatic rings. The standard InChI is InChI=1S/C20H20FNO3/c21-17-8-6-16(7-9-17)19-13-25-20(10-18(23)12-24-14-20)22(19)11-15-4-2-1-3-5-15/h1-9,19H,10-14H2/t19-,20?/m1/s1. The SMILES string of the molecule is O=C1COCC2(C1)OC[C@H](c1ccc(F)cc1)N2Cc1ccccc1.